The van der Waals surface area contributed by atoms with Crippen molar-refractivity contribution < 1.29 is 9.84 Å². The van der Waals surface area contributed by atoms with Gasteiger partial charge in [0.05, 0.1) is 11.7 Å². The number of fused-ring (bicyclic) bond motifs is 1. The number of allylic oxidation sites excluding steroid dienone is 2. The summed E-state index contributed by atoms with van der Waals surface area (Å²) in [5.74, 6) is 0.504. The average Bonchev–Trinajstić information content (AvgIpc) is 2.95. The fourth-order valence-electron chi connectivity index (χ4n) is 4.37. The van der Waals surface area contributed by atoms with Gasteiger partial charge in [-0.25, -0.2) is 0 Å². The highest BCUT2D eigenvalue weighted by Gasteiger charge is 2.43. The largest absolute Gasteiger partial charge is 0.388 e. The Morgan fingerprint density at radius 3 is 2.91 bits per heavy atom. The molecule has 1 unspecified atom stereocenters. The van der Waals surface area contributed by atoms with Gasteiger partial charge in [-0.2, -0.15) is 0 Å². The molecule has 2 aliphatic heterocycles. The van der Waals surface area contributed by atoms with Gasteiger partial charge in [-0.05, 0) is 64.0 Å². The van der Waals surface area contributed by atoms with E-state index in [-0.39, 0.29) is 6.10 Å². The zero-order valence-electron chi connectivity index (χ0n) is 15.6. The molecule has 0 aliphatic carbocycles. The van der Waals surface area contributed by atoms with Crippen molar-refractivity contribution in [3.63, 3.8) is 0 Å². The van der Waals surface area contributed by atoms with Gasteiger partial charge >= 0.3 is 0 Å². The van der Waals surface area contributed by atoms with Crippen molar-refractivity contribution in [3.8, 4) is 0 Å². The van der Waals surface area contributed by atoms with E-state index in [0.717, 1.165) is 38.8 Å². The number of piperidine rings is 1. The summed E-state index contributed by atoms with van der Waals surface area (Å²) in [7, 11) is 1.79. The molecule has 2 aliphatic rings. The minimum Gasteiger partial charge on any atom is -0.388 e. The second-order valence-electron chi connectivity index (χ2n) is 7.78. The zero-order chi connectivity index (χ0) is 17.0. The predicted octanol–water partition coefficient (Wildman–Crippen LogP) is 3.93. The maximum Gasteiger partial charge on any atom is 0.0811 e. The monoisotopic (exact) mass is 321 g/mol. The van der Waals surface area contributed by atoms with Crippen LogP contribution in [-0.4, -0.2) is 48.0 Å². The minimum absolute atomic E-state index is 0.246. The lowest BCUT2D eigenvalue weighted by Crippen LogP contribution is -2.52. The number of hydrogen-bond acceptors (Lipinski definition) is 3. The number of hydrogen-bond donors (Lipinski definition) is 1. The van der Waals surface area contributed by atoms with E-state index in [9.17, 15) is 5.11 Å². The molecule has 0 spiro atoms. The standard InChI is InChI=1S/C20H35NO2/c1-6-18(23-5)16(3)10-9-15(2)12-17-13-20(4,22)19-8-7-11-21(19)14-17/h10,12,15,18-19,22H,6-9,11,13-14H2,1-5H3/b16-10+,17-12-/t15-,18?,19-,20-/m0/s1. The highest BCUT2D eigenvalue weighted by Crippen LogP contribution is 2.37. The van der Waals surface area contributed by atoms with Crippen LogP contribution in [0.1, 0.15) is 59.8 Å². The molecule has 0 amide bonds. The van der Waals surface area contributed by atoms with Crippen LogP contribution in [0, 0.1) is 5.92 Å². The molecule has 2 rings (SSSR count). The SMILES string of the molecule is CCC(OC)/C(C)=C/C[C@H](C)/C=C1\CN2CCC[C@H]2[C@@](C)(O)C1. The summed E-state index contributed by atoms with van der Waals surface area (Å²) in [6.07, 6.45) is 10.2. The van der Waals surface area contributed by atoms with Crippen molar-refractivity contribution in [2.24, 2.45) is 5.92 Å². The van der Waals surface area contributed by atoms with Gasteiger partial charge in [-0.3, -0.25) is 4.90 Å². The van der Waals surface area contributed by atoms with Gasteiger partial charge in [-0.15, -0.1) is 0 Å². The number of ether oxygens (including phenoxy) is 1. The van der Waals surface area contributed by atoms with Crippen molar-refractivity contribution in [1.82, 2.24) is 4.90 Å². The van der Waals surface area contributed by atoms with E-state index < -0.39 is 5.60 Å². The van der Waals surface area contributed by atoms with Gasteiger partial charge in [0.2, 0.25) is 0 Å². The van der Waals surface area contributed by atoms with E-state index in [4.69, 9.17) is 4.74 Å². The van der Waals surface area contributed by atoms with Gasteiger partial charge in [0.25, 0.3) is 0 Å². The summed E-state index contributed by atoms with van der Waals surface area (Å²) in [4.78, 5) is 2.47. The molecular formula is C20H35NO2. The molecule has 2 saturated heterocycles. The molecule has 132 valence electrons. The quantitative estimate of drug-likeness (QED) is 0.752. The lowest BCUT2D eigenvalue weighted by molar-refractivity contribution is -0.0330. The molecule has 3 heteroatoms. The molecular weight excluding hydrogens is 286 g/mol. The second-order valence-corrected chi connectivity index (χ2v) is 7.78. The Kier molecular flexibility index (Phi) is 6.47. The van der Waals surface area contributed by atoms with Crippen molar-refractivity contribution >= 4 is 0 Å². The molecule has 23 heavy (non-hydrogen) atoms. The Bertz CT molecular complexity index is 449. The lowest BCUT2D eigenvalue weighted by atomic mass is 9.82. The van der Waals surface area contributed by atoms with E-state index in [0.29, 0.717) is 12.0 Å². The van der Waals surface area contributed by atoms with Crippen LogP contribution in [-0.2, 0) is 4.74 Å². The Morgan fingerprint density at radius 2 is 2.26 bits per heavy atom. The summed E-state index contributed by atoms with van der Waals surface area (Å²) in [5.41, 5.74) is 2.18. The van der Waals surface area contributed by atoms with E-state index >= 15 is 0 Å². The van der Waals surface area contributed by atoms with Gasteiger partial charge in [-0.1, -0.05) is 31.6 Å². The van der Waals surface area contributed by atoms with Crippen molar-refractivity contribution in [1.29, 1.82) is 0 Å². The van der Waals surface area contributed by atoms with Crippen LogP contribution < -0.4 is 0 Å². The first kappa shape index (κ1) is 18.7. The Hall–Kier alpha value is -0.640. The first-order chi connectivity index (χ1) is 10.9. The zero-order valence-corrected chi connectivity index (χ0v) is 15.6. The van der Waals surface area contributed by atoms with E-state index in [1.165, 1.54) is 17.6 Å². The number of nitrogens with zero attached hydrogens (tertiary/aromatic N) is 1. The highest BCUT2D eigenvalue weighted by atomic mass is 16.5. The van der Waals surface area contributed by atoms with Crippen molar-refractivity contribution in [2.75, 3.05) is 20.2 Å². The van der Waals surface area contributed by atoms with Crippen LogP contribution in [0.5, 0.6) is 0 Å². The number of rotatable bonds is 6. The van der Waals surface area contributed by atoms with E-state index in [1.54, 1.807) is 7.11 Å². The lowest BCUT2D eigenvalue weighted by Gasteiger charge is -2.43. The molecule has 0 aromatic heterocycles. The molecule has 1 N–H and O–H groups in total. The van der Waals surface area contributed by atoms with Crippen LogP contribution in [0.25, 0.3) is 0 Å². The molecule has 2 heterocycles. The van der Waals surface area contributed by atoms with Gasteiger partial charge in [0.15, 0.2) is 0 Å². The number of aliphatic hydroxyl groups is 1. The van der Waals surface area contributed by atoms with Crippen LogP contribution in [0.4, 0.5) is 0 Å². The Labute approximate surface area is 142 Å². The maximum absolute atomic E-state index is 10.8. The van der Waals surface area contributed by atoms with Crippen LogP contribution in [0.3, 0.4) is 0 Å². The molecule has 4 atom stereocenters. The topological polar surface area (TPSA) is 32.7 Å². The molecule has 0 aromatic carbocycles. The van der Waals surface area contributed by atoms with Crippen LogP contribution in [0.15, 0.2) is 23.3 Å². The summed E-state index contributed by atoms with van der Waals surface area (Å²) in [6, 6.07) is 0.365. The summed E-state index contributed by atoms with van der Waals surface area (Å²) < 4.78 is 5.49. The van der Waals surface area contributed by atoms with Gasteiger partial charge in [0, 0.05) is 19.7 Å². The first-order valence-electron chi connectivity index (χ1n) is 9.22. The molecule has 3 nitrogen and oxygen atoms in total. The summed E-state index contributed by atoms with van der Waals surface area (Å²) in [6.45, 7) is 10.8. The third kappa shape index (κ3) is 4.68. The fraction of sp³-hybridized carbons (Fsp3) is 0.800. The minimum atomic E-state index is -0.560. The Balaban J connectivity index is 1.97. The fourth-order valence-corrected chi connectivity index (χ4v) is 4.37. The van der Waals surface area contributed by atoms with Crippen LogP contribution in [0.2, 0.25) is 0 Å². The molecule has 0 saturated carbocycles. The molecule has 2 fully saturated rings. The number of methoxy groups -OCH3 is 1. The predicted molar refractivity (Wildman–Crippen MR) is 96.5 cm³/mol. The first-order valence-corrected chi connectivity index (χ1v) is 9.22. The average molecular weight is 322 g/mol. The smallest absolute Gasteiger partial charge is 0.0811 e. The molecule has 0 bridgehead atoms. The van der Waals surface area contributed by atoms with Crippen molar-refractivity contribution in [2.45, 2.75) is 77.5 Å². The third-order valence-electron chi connectivity index (χ3n) is 5.57. The summed E-state index contributed by atoms with van der Waals surface area (Å²) >= 11 is 0. The highest BCUT2D eigenvalue weighted by molar-refractivity contribution is 5.18. The second kappa shape index (κ2) is 7.96. The third-order valence-corrected chi connectivity index (χ3v) is 5.57. The van der Waals surface area contributed by atoms with Crippen LogP contribution >= 0.6 is 0 Å². The normalized spacial score (nSPS) is 33.7. The van der Waals surface area contributed by atoms with E-state index in [1.807, 2.05) is 6.92 Å². The Morgan fingerprint density at radius 1 is 1.52 bits per heavy atom. The summed E-state index contributed by atoms with van der Waals surface area (Å²) in [5, 5.41) is 10.8. The van der Waals surface area contributed by atoms with E-state index in [2.05, 4.69) is 37.8 Å². The van der Waals surface area contributed by atoms with Crippen molar-refractivity contribution in [3.05, 3.63) is 23.3 Å². The van der Waals surface area contributed by atoms with Gasteiger partial charge < -0.3 is 9.84 Å². The van der Waals surface area contributed by atoms with Gasteiger partial charge in [0.1, 0.15) is 0 Å². The molecule has 0 radical (unpaired) electrons. The maximum atomic E-state index is 10.8. The molecule has 0 aromatic rings.